The molecule has 60 valence electrons. The second kappa shape index (κ2) is 2.60. The molecule has 1 fully saturated rings. The maximum Gasteiger partial charge on any atom is 0.267 e. The average molecular weight is 153 g/mol. The van der Waals surface area contributed by atoms with Crippen LogP contribution >= 0.6 is 0 Å². The van der Waals surface area contributed by atoms with Crippen molar-refractivity contribution in [2.24, 2.45) is 10.3 Å². The van der Waals surface area contributed by atoms with E-state index in [1.54, 1.807) is 5.01 Å². The van der Waals surface area contributed by atoms with Gasteiger partial charge in [0.2, 0.25) is 0 Å². The Bertz CT molecular complexity index is 196. The standard InChI is InChI=1S/C7H11N3O/c11-7-5-8-9-10(7)6-3-1-2-4-6/h6H,1-5H2. The number of hydrogen-bond donors (Lipinski definition) is 0. The molecule has 0 bridgehead atoms. The predicted octanol–water partition coefficient (Wildman–Crippen LogP) is 1.14. The maximum atomic E-state index is 11.1. The Balaban J connectivity index is 2.02. The molecule has 4 heteroatoms. The summed E-state index contributed by atoms with van der Waals surface area (Å²) in [6, 6.07) is 0.355. The molecule has 0 atom stereocenters. The van der Waals surface area contributed by atoms with E-state index < -0.39 is 0 Å². The fourth-order valence-electron chi connectivity index (χ4n) is 1.71. The molecule has 0 aromatic heterocycles. The van der Waals surface area contributed by atoms with E-state index in [4.69, 9.17) is 0 Å². The molecule has 1 aliphatic heterocycles. The highest BCUT2D eigenvalue weighted by Crippen LogP contribution is 2.25. The SMILES string of the molecule is O=C1CN=NN1C1CCCC1. The van der Waals surface area contributed by atoms with Crippen molar-refractivity contribution in [3.05, 3.63) is 0 Å². The van der Waals surface area contributed by atoms with Crippen molar-refractivity contribution in [1.29, 1.82) is 0 Å². The zero-order valence-corrected chi connectivity index (χ0v) is 6.36. The van der Waals surface area contributed by atoms with Gasteiger partial charge in [-0.15, -0.1) is 0 Å². The van der Waals surface area contributed by atoms with Crippen LogP contribution in [0.5, 0.6) is 0 Å². The first-order valence-corrected chi connectivity index (χ1v) is 4.07. The summed E-state index contributed by atoms with van der Waals surface area (Å²) in [5, 5.41) is 9.06. The molecular formula is C7H11N3O. The Labute approximate surface area is 65.3 Å². The van der Waals surface area contributed by atoms with Crippen LogP contribution in [0, 0.1) is 0 Å². The molecule has 2 rings (SSSR count). The number of hydrogen-bond acceptors (Lipinski definition) is 3. The van der Waals surface area contributed by atoms with Gasteiger partial charge in [0, 0.05) is 0 Å². The van der Waals surface area contributed by atoms with Gasteiger partial charge in [0.05, 0.1) is 6.04 Å². The number of amides is 1. The van der Waals surface area contributed by atoms with Gasteiger partial charge in [0.25, 0.3) is 5.91 Å². The smallest absolute Gasteiger partial charge is 0.267 e. The average Bonchev–Trinajstić information content (AvgIpc) is 2.55. The summed E-state index contributed by atoms with van der Waals surface area (Å²) in [6.07, 6.45) is 4.66. The first-order chi connectivity index (χ1) is 5.38. The normalized spacial score (nSPS) is 25.5. The van der Waals surface area contributed by atoms with E-state index >= 15 is 0 Å². The summed E-state index contributed by atoms with van der Waals surface area (Å²) in [5.41, 5.74) is 0. The fourth-order valence-corrected chi connectivity index (χ4v) is 1.71. The Morgan fingerprint density at radius 2 is 2.09 bits per heavy atom. The maximum absolute atomic E-state index is 11.1. The van der Waals surface area contributed by atoms with Gasteiger partial charge in [0.15, 0.2) is 0 Å². The minimum absolute atomic E-state index is 0.0666. The van der Waals surface area contributed by atoms with Crippen molar-refractivity contribution in [3.63, 3.8) is 0 Å². The lowest BCUT2D eigenvalue weighted by atomic mass is 10.2. The zero-order valence-electron chi connectivity index (χ0n) is 6.36. The molecule has 0 aromatic rings. The number of rotatable bonds is 1. The predicted molar refractivity (Wildman–Crippen MR) is 38.8 cm³/mol. The summed E-state index contributed by atoms with van der Waals surface area (Å²) in [6.45, 7) is 0.260. The van der Waals surface area contributed by atoms with E-state index in [0.29, 0.717) is 6.04 Å². The second-order valence-corrected chi connectivity index (χ2v) is 3.07. The topological polar surface area (TPSA) is 45.0 Å². The minimum Gasteiger partial charge on any atom is -0.271 e. The third-order valence-corrected chi connectivity index (χ3v) is 2.29. The van der Waals surface area contributed by atoms with E-state index in [2.05, 4.69) is 10.3 Å². The summed E-state index contributed by atoms with van der Waals surface area (Å²) in [4.78, 5) is 11.1. The third-order valence-electron chi connectivity index (χ3n) is 2.29. The minimum atomic E-state index is 0.0666. The lowest BCUT2D eigenvalue weighted by Crippen LogP contribution is -2.31. The van der Waals surface area contributed by atoms with Crippen molar-refractivity contribution >= 4 is 5.91 Å². The van der Waals surface area contributed by atoms with Gasteiger partial charge in [-0.05, 0) is 12.8 Å². The van der Waals surface area contributed by atoms with Crippen LogP contribution in [-0.2, 0) is 4.79 Å². The van der Waals surface area contributed by atoms with E-state index in [1.165, 1.54) is 12.8 Å². The molecular weight excluding hydrogens is 142 g/mol. The Morgan fingerprint density at radius 3 is 2.64 bits per heavy atom. The Morgan fingerprint density at radius 1 is 1.36 bits per heavy atom. The van der Waals surface area contributed by atoms with E-state index in [-0.39, 0.29) is 12.5 Å². The van der Waals surface area contributed by atoms with Crippen LogP contribution < -0.4 is 0 Å². The summed E-state index contributed by atoms with van der Waals surface area (Å²) < 4.78 is 0. The van der Waals surface area contributed by atoms with Crippen LogP contribution in [0.3, 0.4) is 0 Å². The first kappa shape index (κ1) is 6.76. The highest BCUT2D eigenvalue weighted by Gasteiger charge is 2.29. The van der Waals surface area contributed by atoms with Gasteiger partial charge >= 0.3 is 0 Å². The van der Waals surface area contributed by atoms with Crippen molar-refractivity contribution in [3.8, 4) is 0 Å². The van der Waals surface area contributed by atoms with Crippen LogP contribution in [0.1, 0.15) is 25.7 Å². The van der Waals surface area contributed by atoms with Gasteiger partial charge in [-0.25, -0.2) is 5.01 Å². The summed E-state index contributed by atoms with van der Waals surface area (Å²) >= 11 is 0. The number of nitrogens with zero attached hydrogens (tertiary/aromatic N) is 3. The molecule has 0 aromatic carbocycles. The van der Waals surface area contributed by atoms with Gasteiger partial charge < -0.3 is 0 Å². The van der Waals surface area contributed by atoms with Crippen molar-refractivity contribution in [2.75, 3.05) is 6.54 Å². The summed E-state index contributed by atoms with van der Waals surface area (Å²) in [5.74, 6) is 0.0666. The molecule has 11 heavy (non-hydrogen) atoms. The first-order valence-electron chi connectivity index (χ1n) is 4.07. The molecule has 0 N–H and O–H groups in total. The van der Waals surface area contributed by atoms with E-state index in [0.717, 1.165) is 12.8 Å². The van der Waals surface area contributed by atoms with Crippen molar-refractivity contribution < 1.29 is 4.79 Å². The highest BCUT2D eigenvalue weighted by atomic mass is 16.2. The van der Waals surface area contributed by atoms with Crippen LogP contribution in [0.4, 0.5) is 0 Å². The lowest BCUT2D eigenvalue weighted by molar-refractivity contribution is -0.129. The van der Waals surface area contributed by atoms with Crippen LogP contribution in [0.25, 0.3) is 0 Å². The molecule has 4 nitrogen and oxygen atoms in total. The van der Waals surface area contributed by atoms with Crippen LogP contribution in [0.15, 0.2) is 10.3 Å². The van der Waals surface area contributed by atoms with E-state index in [1.807, 2.05) is 0 Å². The van der Waals surface area contributed by atoms with Gasteiger partial charge in [-0.2, -0.15) is 5.11 Å². The molecule has 0 unspecified atom stereocenters. The van der Waals surface area contributed by atoms with E-state index in [9.17, 15) is 4.79 Å². The molecule has 2 aliphatic rings. The molecule has 1 saturated carbocycles. The molecule has 1 heterocycles. The molecule has 0 spiro atoms. The van der Waals surface area contributed by atoms with Crippen molar-refractivity contribution in [2.45, 2.75) is 31.7 Å². The Hall–Kier alpha value is -0.930. The number of carbonyl (C=O) groups excluding carboxylic acids is 1. The molecule has 1 aliphatic carbocycles. The van der Waals surface area contributed by atoms with Crippen LogP contribution in [0.2, 0.25) is 0 Å². The Kier molecular flexibility index (Phi) is 1.60. The van der Waals surface area contributed by atoms with Crippen molar-refractivity contribution in [1.82, 2.24) is 5.01 Å². The number of carbonyl (C=O) groups is 1. The fraction of sp³-hybridized carbons (Fsp3) is 0.857. The summed E-state index contributed by atoms with van der Waals surface area (Å²) in [7, 11) is 0. The van der Waals surface area contributed by atoms with Gasteiger partial charge in [-0.1, -0.05) is 18.1 Å². The molecule has 0 saturated heterocycles. The molecule has 1 amide bonds. The largest absolute Gasteiger partial charge is 0.271 e. The van der Waals surface area contributed by atoms with Gasteiger partial charge in [0.1, 0.15) is 6.54 Å². The van der Waals surface area contributed by atoms with Crippen LogP contribution in [-0.4, -0.2) is 23.5 Å². The third kappa shape index (κ3) is 1.13. The quantitative estimate of drug-likeness (QED) is 0.557. The lowest BCUT2D eigenvalue weighted by Gasteiger charge is -2.16. The molecule has 0 radical (unpaired) electrons. The van der Waals surface area contributed by atoms with Gasteiger partial charge in [-0.3, -0.25) is 4.79 Å². The monoisotopic (exact) mass is 153 g/mol. The zero-order chi connectivity index (χ0) is 7.68. The highest BCUT2D eigenvalue weighted by molar-refractivity contribution is 5.79. The second-order valence-electron chi connectivity index (χ2n) is 3.07.